The van der Waals surface area contributed by atoms with Gasteiger partial charge in [-0.1, -0.05) is 51.2 Å². The van der Waals surface area contributed by atoms with Gasteiger partial charge in [0.2, 0.25) is 0 Å². The lowest BCUT2D eigenvalue weighted by Crippen LogP contribution is -1.90. The van der Waals surface area contributed by atoms with Crippen LogP contribution >= 0.6 is 0 Å². The largest absolute Gasteiger partial charge is 0.377 e. The second-order valence-corrected chi connectivity index (χ2v) is 4.30. The molecule has 94 valence electrons. The highest BCUT2D eigenvalue weighted by molar-refractivity contribution is 5.31. The van der Waals surface area contributed by atoms with E-state index in [1.165, 1.54) is 16.7 Å². The predicted octanol–water partition coefficient (Wildman–Crippen LogP) is 4.76. The molecule has 0 N–H and O–H groups in total. The van der Waals surface area contributed by atoms with Crippen LogP contribution in [0.25, 0.3) is 0 Å². The number of epoxide rings is 1. The van der Waals surface area contributed by atoms with Crippen LogP contribution in [0.3, 0.4) is 0 Å². The molecule has 1 aliphatic rings. The van der Waals surface area contributed by atoms with E-state index < -0.39 is 0 Å². The van der Waals surface area contributed by atoms with Crippen molar-refractivity contribution in [1.82, 2.24) is 0 Å². The Morgan fingerprint density at radius 3 is 1.81 bits per heavy atom. The van der Waals surface area contributed by atoms with Crippen molar-refractivity contribution in [2.75, 3.05) is 13.2 Å². The fourth-order valence-corrected chi connectivity index (χ4v) is 0.856. The Morgan fingerprint density at radius 1 is 1.19 bits per heavy atom. The third kappa shape index (κ3) is 9.72. The molecule has 0 radical (unpaired) electrons. The molecule has 0 saturated carbocycles. The van der Waals surface area contributed by atoms with E-state index in [9.17, 15) is 0 Å². The Labute approximate surface area is 102 Å². The zero-order chi connectivity index (χ0) is 11.8. The summed E-state index contributed by atoms with van der Waals surface area (Å²) in [4.78, 5) is 0. The number of hydrogen-bond acceptors (Lipinski definition) is 1. The first-order valence-corrected chi connectivity index (χ1v) is 5.54. The second-order valence-electron chi connectivity index (χ2n) is 4.30. The van der Waals surface area contributed by atoms with Gasteiger partial charge in [0.25, 0.3) is 0 Å². The van der Waals surface area contributed by atoms with E-state index in [0.29, 0.717) is 5.92 Å². The van der Waals surface area contributed by atoms with Crippen LogP contribution in [0, 0.1) is 5.92 Å². The number of ether oxygens (including phenoxy) is 1. The summed E-state index contributed by atoms with van der Waals surface area (Å²) < 4.78 is 4.50. The summed E-state index contributed by atoms with van der Waals surface area (Å²) in [6, 6.07) is 0. The normalized spacial score (nSPS) is 13.2. The van der Waals surface area contributed by atoms with Gasteiger partial charge < -0.3 is 4.74 Å². The molecule has 1 nitrogen and oxygen atoms in total. The SMILES string of the molecule is C.C1CO1.C=C/C(=C\C(C)=C(C)C)C(C)C. The van der Waals surface area contributed by atoms with Crippen molar-refractivity contribution >= 4 is 0 Å². The van der Waals surface area contributed by atoms with Gasteiger partial charge in [0.1, 0.15) is 0 Å². The van der Waals surface area contributed by atoms with Crippen molar-refractivity contribution in [2.24, 2.45) is 5.92 Å². The summed E-state index contributed by atoms with van der Waals surface area (Å²) in [5.41, 5.74) is 4.03. The second kappa shape index (κ2) is 9.41. The summed E-state index contributed by atoms with van der Waals surface area (Å²) in [7, 11) is 0. The Bertz CT molecular complexity index is 248. The van der Waals surface area contributed by atoms with Crippen LogP contribution in [-0.2, 0) is 4.74 Å². The first-order valence-electron chi connectivity index (χ1n) is 5.54. The zero-order valence-electron chi connectivity index (χ0n) is 10.8. The number of hydrogen-bond donors (Lipinski definition) is 0. The van der Waals surface area contributed by atoms with Crippen molar-refractivity contribution in [2.45, 2.75) is 42.0 Å². The maximum absolute atomic E-state index is 4.50. The van der Waals surface area contributed by atoms with Crippen LogP contribution in [0.15, 0.2) is 35.5 Å². The van der Waals surface area contributed by atoms with Gasteiger partial charge in [0, 0.05) is 0 Å². The molecule has 1 heteroatoms. The molecule has 0 aromatic heterocycles. The molecule has 1 rings (SSSR count). The fourth-order valence-electron chi connectivity index (χ4n) is 0.856. The van der Waals surface area contributed by atoms with Gasteiger partial charge in [-0.25, -0.2) is 0 Å². The molecule has 1 aliphatic heterocycles. The topological polar surface area (TPSA) is 12.5 Å². The van der Waals surface area contributed by atoms with Gasteiger partial charge in [-0.3, -0.25) is 0 Å². The van der Waals surface area contributed by atoms with E-state index >= 15 is 0 Å². The molecule has 1 heterocycles. The monoisotopic (exact) mass is 224 g/mol. The average Bonchev–Trinajstić information content (AvgIpc) is 2.99. The van der Waals surface area contributed by atoms with Crippen molar-refractivity contribution in [1.29, 1.82) is 0 Å². The third-order valence-corrected chi connectivity index (χ3v) is 2.28. The van der Waals surface area contributed by atoms with E-state index in [1.54, 1.807) is 0 Å². The molecule has 1 fully saturated rings. The molecule has 16 heavy (non-hydrogen) atoms. The lowest BCUT2D eigenvalue weighted by atomic mass is 10.00. The van der Waals surface area contributed by atoms with Crippen molar-refractivity contribution in [3.8, 4) is 0 Å². The highest BCUT2D eigenvalue weighted by Gasteiger charge is 1.98. The first-order chi connectivity index (χ1) is 6.99. The van der Waals surface area contributed by atoms with Crippen molar-refractivity contribution < 1.29 is 4.74 Å². The summed E-state index contributed by atoms with van der Waals surface area (Å²) in [5, 5.41) is 0. The minimum atomic E-state index is 0. The molecule has 0 aliphatic carbocycles. The van der Waals surface area contributed by atoms with Crippen LogP contribution < -0.4 is 0 Å². The van der Waals surface area contributed by atoms with Gasteiger partial charge in [-0.15, -0.1) is 0 Å². The van der Waals surface area contributed by atoms with Gasteiger partial charge in [0.15, 0.2) is 0 Å². The molecular weight excluding hydrogens is 196 g/mol. The Balaban J connectivity index is 0. The van der Waals surface area contributed by atoms with Gasteiger partial charge in [-0.2, -0.15) is 0 Å². The molecule has 0 atom stereocenters. The molecule has 0 aromatic carbocycles. The van der Waals surface area contributed by atoms with Crippen molar-refractivity contribution in [3.63, 3.8) is 0 Å². The highest BCUT2D eigenvalue weighted by Crippen LogP contribution is 2.15. The third-order valence-electron chi connectivity index (χ3n) is 2.28. The highest BCUT2D eigenvalue weighted by atomic mass is 16.6. The molecule has 0 aromatic rings. The Hall–Kier alpha value is -0.820. The predicted molar refractivity (Wildman–Crippen MR) is 74.7 cm³/mol. The Morgan fingerprint density at radius 2 is 1.62 bits per heavy atom. The first kappa shape index (κ1) is 17.6. The van der Waals surface area contributed by atoms with E-state index in [-0.39, 0.29) is 7.43 Å². The van der Waals surface area contributed by atoms with E-state index in [1.807, 2.05) is 6.08 Å². The minimum Gasteiger partial charge on any atom is -0.377 e. The molecule has 0 spiro atoms. The van der Waals surface area contributed by atoms with Crippen LogP contribution in [-0.4, -0.2) is 13.2 Å². The maximum Gasteiger partial charge on any atom is 0.0701 e. The summed E-state index contributed by atoms with van der Waals surface area (Å²) in [5.74, 6) is 0.566. The smallest absolute Gasteiger partial charge is 0.0701 e. The van der Waals surface area contributed by atoms with Gasteiger partial charge in [-0.05, 0) is 32.3 Å². The Kier molecular flexibility index (Phi) is 10.3. The summed E-state index contributed by atoms with van der Waals surface area (Å²) in [6.45, 7) is 16.6. The van der Waals surface area contributed by atoms with E-state index in [0.717, 1.165) is 13.2 Å². The lowest BCUT2D eigenvalue weighted by Gasteiger charge is -2.06. The lowest BCUT2D eigenvalue weighted by molar-refractivity contribution is 0.475. The van der Waals surface area contributed by atoms with E-state index in [2.05, 4.69) is 52.0 Å². The average molecular weight is 224 g/mol. The maximum atomic E-state index is 4.50. The van der Waals surface area contributed by atoms with Crippen LogP contribution in [0.2, 0.25) is 0 Å². The molecular formula is C15H28O. The quantitative estimate of drug-likeness (QED) is 0.497. The van der Waals surface area contributed by atoms with Crippen LogP contribution in [0.5, 0.6) is 0 Å². The van der Waals surface area contributed by atoms with Crippen LogP contribution in [0.4, 0.5) is 0 Å². The zero-order valence-corrected chi connectivity index (χ0v) is 10.8. The molecule has 0 unspecified atom stereocenters. The minimum absolute atomic E-state index is 0. The number of allylic oxidation sites excluding steroid dienone is 5. The van der Waals surface area contributed by atoms with Gasteiger partial charge >= 0.3 is 0 Å². The van der Waals surface area contributed by atoms with Crippen LogP contribution in [0.1, 0.15) is 42.0 Å². The van der Waals surface area contributed by atoms with E-state index in [4.69, 9.17) is 0 Å². The summed E-state index contributed by atoms with van der Waals surface area (Å²) >= 11 is 0. The standard InChI is InChI=1S/C12H20.C2H4O.CH4/c1-7-12(10(4)5)8-11(6)9(2)3;1-2-3-1;/h7-8,10H,1H2,2-6H3;1-2H2;1H4/b12-8+;;. The van der Waals surface area contributed by atoms with Crippen molar-refractivity contribution in [3.05, 3.63) is 35.5 Å². The molecule has 0 amide bonds. The number of rotatable bonds is 3. The molecule has 1 saturated heterocycles. The van der Waals surface area contributed by atoms with Gasteiger partial charge in [0.05, 0.1) is 13.2 Å². The summed E-state index contributed by atoms with van der Waals surface area (Å²) in [6.07, 6.45) is 4.16. The molecule has 0 bridgehead atoms. The fraction of sp³-hybridized carbons (Fsp3) is 0.600.